The molecule has 5 atom stereocenters. The van der Waals surface area contributed by atoms with Crippen LogP contribution in [0.1, 0.15) is 69.2 Å². The first-order valence-electron chi connectivity index (χ1n) is 12.7. The number of amides is 2. The summed E-state index contributed by atoms with van der Waals surface area (Å²) in [5, 5.41) is 4.93. The minimum absolute atomic E-state index is 0.0118. The van der Waals surface area contributed by atoms with Crippen LogP contribution in [0, 0.1) is 29.5 Å². The van der Waals surface area contributed by atoms with Gasteiger partial charge in [0, 0.05) is 12.1 Å². The number of benzene rings is 1. The number of ether oxygens (including phenoxy) is 2. The lowest BCUT2D eigenvalue weighted by Gasteiger charge is -2.32. The molecule has 3 aliphatic carbocycles. The first kappa shape index (κ1) is 26.5. The molecule has 3 aliphatic rings. The summed E-state index contributed by atoms with van der Waals surface area (Å²) in [5.41, 5.74) is 0.0590. The van der Waals surface area contributed by atoms with Crippen LogP contribution in [0.4, 0.5) is 17.6 Å². The third-order valence-electron chi connectivity index (χ3n) is 8.12. The highest BCUT2D eigenvalue weighted by Gasteiger charge is 2.52. The van der Waals surface area contributed by atoms with Gasteiger partial charge in [0.1, 0.15) is 11.8 Å². The summed E-state index contributed by atoms with van der Waals surface area (Å²) in [6.45, 7) is 3.07. The second-order valence-electron chi connectivity index (χ2n) is 10.6. The van der Waals surface area contributed by atoms with Crippen molar-refractivity contribution >= 4 is 11.8 Å². The van der Waals surface area contributed by atoms with E-state index in [1.165, 1.54) is 13.2 Å². The number of fused-ring (bicyclic) bond motifs is 2. The molecule has 0 radical (unpaired) electrons. The van der Waals surface area contributed by atoms with E-state index in [2.05, 4.69) is 17.6 Å². The van der Waals surface area contributed by atoms with Gasteiger partial charge in [-0.15, -0.1) is 0 Å². The van der Waals surface area contributed by atoms with Crippen molar-refractivity contribution in [2.24, 2.45) is 23.7 Å². The van der Waals surface area contributed by atoms with Gasteiger partial charge in [-0.25, -0.2) is 4.39 Å². The van der Waals surface area contributed by atoms with Crippen molar-refractivity contribution in [3.05, 3.63) is 23.5 Å². The van der Waals surface area contributed by atoms with Gasteiger partial charge < -0.3 is 20.1 Å². The lowest BCUT2D eigenvalue weighted by Crippen LogP contribution is -2.53. The zero-order chi connectivity index (χ0) is 26.2. The maximum Gasteiger partial charge on any atom is 0.408 e. The van der Waals surface area contributed by atoms with Crippen molar-refractivity contribution in [2.75, 3.05) is 7.11 Å². The number of hydrogen-bond acceptors (Lipinski definition) is 4. The summed E-state index contributed by atoms with van der Waals surface area (Å²) in [5.74, 6) is -2.22. The number of halogens is 4. The molecule has 2 amide bonds. The Morgan fingerprint density at radius 2 is 1.69 bits per heavy atom. The van der Waals surface area contributed by atoms with E-state index in [0.29, 0.717) is 12.3 Å². The van der Waals surface area contributed by atoms with E-state index in [1.54, 1.807) is 0 Å². The third-order valence-corrected chi connectivity index (χ3v) is 8.12. The van der Waals surface area contributed by atoms with Gasteiger partial charge >= 0.3 is 6.18 Å². The smallest absolute Gasteiger partial charge is 0.408 e. The van der Waals surface area contributed by atoms with Crippen molar-refractivity contribution in [3.8, 4) is 11.5 Å². The number of carbonyl (C=O) groups is 2. The Morgan fingerprint density at radius 3 is 2.33 bits per heavy atom. The normalized spacial score (nSPS) is 30.5. The number of hydrogen-bond donors (Lipinski definition) is 2. The van der Waals surface area contributed by atoms with Gasteiger partial charge in [0.15, 0.2) is 11.6 Å². The summed E-state index contributed by atoms with van der Waals surface area (Å²) in [6.07, 6.45) is 1.04. The molecular formula is C26H34F4N2O4. The minimum atomic E-state index is -4.56. The van der Waals surface area contributed by atoms with Gasteiger partial charge in [-0.1, -0.05) is 6.92 Å². The predicted octanol–water partition coefficient (Wildman–Crippen LogP) is 5.00. The first-order valence-corrected chi connectivity index (χ1v) is 12.7. The summed E-state index contributed by atoms with van der Waals surface area (Å²) in [7, 11) is 1.32. The molecule has 4 rings (SSSR count). The second kappa shape index (κ2) is 10.5. The zero-order valence-corrected chi connectivity index (χ0v) is 20.8. The van der Waals surface area contributed by atoms with E-state index in [4.69, 9.17) is 9.47 Å². The highest BCUT2D eigenvalue weighted by Crippen LogP contribution is 2.49. The molecule has 200 valence electrons. The molecule has 36 heavy (non-hydrogen) atoms. The Morgan fingerprint density at radius 1 is 1.03 bits per heavy atom. The molecule has 0 heterocycles. The molecule has 1 aromatic carbocycles. The van der Waals surface area contributed by atoms with Gasteiger partial charge in [0.05, 0.1) is 24.7 Å². The van der Waals surface area contributed by atoms with Gasteiger partial charge in [-0.05, 0) is 75.7 Å². The fraction of sp³-hybridized carbons (Fsp3) is 0.692. The van der Waals surface area contributed by atoms with Crippen LogP contribution in [-0.4, -0.2) is 43.3 Å². The lowest BCUT2D eigenvalue weighted by atomic mass is 9.83. The monoisotopic (exact) mass is 514 g/mol. The summed E-state index contributed by atoms with van der Waals surface area (Å²) < 4.78 is 64.9. The molecule has 0 aromatic heterocycles. The number of methoxy groups -OCH3 is 1. The van der Waals surface area contributed by atoms with Gasteiger partial charge in [-0.2, -0.15) is 13.2 Å². The topological polar surface area (TPSA) is 76.7 Å². The van der Waals surface area contributed by atoms with Crippen molar-refractivity contribution in [2.45, 2.75) is 83.2 Å². The molecule has 2 N–H and O–H groups in total. The third kappa shape index (κ3) is 5.57. The summed E-state index contributed by atoms with van der Waals surface area (Å²) in [4.78, 5) is 26.2. The van der Waals surface area contributed by atoms with Crippen LogP contribution in [0.25, 0.3) is 0 Å². The van der Waals surface area contributed by atoms with Crippen LogP contribution in [0.2, 0.25) is 0 Å². The van der Waals surface area contributed by atoms with E-state index in [9.17, 15) is 27.2 Å². The van der Waals surface area contributed by atoms with Crippen molar-refractivity contribution < 1.29 is 36.6 Å². The van der Waals surface area contributed by atoms with Crippen LogP contribution in [0.5, 0.6) is 11.5 Å². The van der Waals surface area contributed by atoms with E-state index in [-0.39, 0.29) is 35.0 Å². The van der Waals surface area contributed by atoms with Crippen molar-refractivity contribution in [1.29, 1.82) is 0 Å². The maximum absolute atomic E-state index is 14.7. The Balaban J connectivity index is 1.51. The van der Waals surface area contributed by atoms with Crippen molar-refractivity contribution in [3.63, 3.8) is 0 Å². The fourth-order valence-corrected chi connectivity index (χ4v) is 6.00. The van der Waals surface area contributed by atoms with E-state index in [1.807, 2.05) is 0 Å². The van der Waals surface area contributed by atoms with Gasteiger partial charge in [-0.3, -0.25) is 9.59 Å². The van der Waals surface area contributed by atoms with Crippen LogP contribution in [0.15, 0.2) is 12.1 Å². The Kier molecular flexibility index (Phi) is 7.71. The van der Waals surface area contributed by atoms with Gasteiger partial charge in [0.2, 0.25) is 5.91 Å². The van der Waals surface area contributed by atoms with E-state index < -0.39 is 41.8 Å². The molecule has 2 bridgehead atoms. The fourth-order valence-electron chi connectivity index (χ4n) is 6.00. The Labute approximate surface area is 208 Å². The summed E-state index contributed by atoms with van der Waals surface area (Å²) in [6, 6.07) is -0.183. The molecule has 3 saturated carbocycles. The average Bonchev–Trinajstić information content (AvgIpc) is 3.42. The molecule has 0 unspecified atom stereocenters. The molecule has 10 heteroatoms. The van der Waals surface area contributed by atoms with Crippen LogP contribution < -0.4 is 20.1 Å². The highest BCUT2D eigenvalue weighted by molar-refractivity contribution is 5.98. The van der Waals surface area contributed by atoms with Crippen molar-refractivity contribution in [1.82, 2.24) is 10.6 Å². The Bertz CT molecular complexity index is 977. The lowest BCUT2D eigenvalue weighted by molar-refractivity contribution is -0.160. The maximum atomic E-state index is 14.7. The Hall–Kier alpha value is -2.52. The summed E-state index contributed by atoms with van der Waals surface area (Å²) >= 11 is 0. The van der Waals surface area contributed by atoms with Crippen LogP contribution in [0.3, 0.4) is 0 Å². The molecule has 1 aromatic rings. The molecule has 0 saturated heterocycles. The number of rotatable bonds is 7. The number of nitrogens with one attached hydrogen (secondary N) is 2. The van der Waals surface area contributed by atoms with Gasteiger partial charge in [0.25, 0.3) is 5.91 Å². The van der Waals surface area contributed by atoms with Crippen LogP contribution in [-0.2, 0) is 4.79 Å². The molecule has 0 spiro atoms. The van der Waals surface area contributed by atoms with Crippen LogP contribution >= 0.6 is 0 Å². The quantitative estimate of drug-likeness (QED) is 0.502. The minimum Gasteiger partial charge on any atom is -0.496 e. The number of carbonyl (C=O) groups excluding carboxylic acids is 2. The standard InChI is InChI=1S/C26H34F4N2O4/c1-13-4-8-17(9-5-13)36-21-11-18(20(35-3)12-19(21)27)24(33)32-23-16-7-6-15(10-16)22(23)25(34)31-14(2)26(28,29)30/h11-17,22-23H,4-10H2,1-3H3,(H,31,34)(H,32,33)/t13?,14-,15-,16+,17?,22+,23-/m1/s1. The average molecular weight is 515 g/mol. The SMILES string of the molecule is COc1cc(F)c(OC2CCC(C)CC2)cc1C(=O)N[C@@H]1[C@H]2CC[C@H](C2)[C@@H]1C(=O)N[C@H](C)C(F)(F)F. The second-order valence-corrected chi connectivity index (χ2v) is 10.6. The molecular weight excluding hydrogens is 480 g/mol. The predicted molar refractivity (Wildman–Crippen MR) is 124 cm³/mol. The first-order chi connectivity index (χ1) is 17.0. The number of alkyl halides is 3. The zero-order valence-electron chi connectivity index (χ0n) is 20.8. The van der Waals surface area contributed by atoms with E-state index >= 15 is 0 Å². The highest BCUT2D eigenvalue weighted by atomic mass is 19.4. The molecule has 6 nitrogen and oxygen atoms in total. The largest absolute Gasteiger partial charge is 0.496 e. The molecule has 3 fully saturated rings. The molecule has 0 aliphatic heterocycles. The van der Waals surface area contributed by atoms with E-state index in [0.717, 1.165) is 51.5 Å².